The van der Waals surface area contributed by atoms with Gasteiger partial charge in [0.05, 0.1) is 16.9 Å². The largest absolute Gasteiger partial charge is 0.353 e. The van der Waals surface area contributed by atoms with Crippen molar-refractivity contribution in [2.45, 2.75) is 58.2 Å². The van der Waals surface area contributed by atoms with Crippen molar-refractivity contribution in [3.63, 3.8) is 0 Å². The van der Waals surface area contributed by atoms with Crippen molar-refractivity contribution in [2.24, 2.45) is 5.92 Å². The van der Waals surface area contributed by atoms with E-state index in [0.717, 1.165) is 35.9 Å². The van der Waals surface area contributed by atoms with Gasteiger partial charge in [-0.05, 0) is 44.1 Å². The maximum absolute atomic E-state index is 12.5. The van der Waals surface area contributed by atoms with Crippen LogP contribution in [0.4, 0.5) is 0 Å². The highest BCUT2D eigenvalue weighted by molar-refractivity contribution is 7.99. The fourth-order valence-electron chi connectivity index (χ4n) is 3.12. The second-order valence-electron chi connectivity index (χ2n) is 6.91. The molecule has 0 radical (unpaired) electrons. The number of nitrogens with zero attached hydrogens (tertiary/aromatic N) is 1. The highest BCUT2D eigenvalue weighted by Crippen LogP contribution is 2.35. The second kappa shape index (κ2) is 7.91. The number of fused-ring (bicyclic) bond motifs is 3. The Kier molecular flexibility index (Phi) is 5.84. The molecule has 136 valence electrons. The zero-order valence-electron chi connectivity index (χ0n) is 15.0. The third-order valence-electron chi connectivity index (χ3n) is 4.71. The van der Waals surface area contributed by atoms with E-state index in [1.165, 1.54) is 22.2 Å². The topological polar surface area (TPSA) is 74.8 Å². The van der Waals surface area contributed by atoms with Crippen molar-refractivity contribution < 1.29 is 4.79 Å². The van der Waals surface area contributed by atoms with Gasteiger partial charge in [-0.15, -0.1) is 23.1 Å². The van der Waals surface area contributed by atoms with Crippen LogP contribution in [0.2, 0.25) is 0 Å². The first-order valence-electron chi connectivity index (χ1n) is 8.88. The number of hydrogen-bond acceptors (Lipinski definition) is 5. The van der Waals surface area contributed by atoms with Crippen LogP contribution in [0, 0.1) is 5.92 Å². The first-order chi connectivity index (χ1) is 12.0. The molecular weight excluding hydrogens is 354 g/mol. The van der Waals surface area contributed by atoms with Gasteiger partial charge in [-0.2, -0.15) is 0 Å². The Morgan fingerprint density at radius 2 is 2.32 bits per heavy atom. The number of aromatic nitrogens is 2. The van der Waals surface area contributed by atoms with Crippen molar-refractivity contribution >= 4 is 39.2 Å². The first kappa shape index (κ1) is 18.5. The minimum atomic E-state index is -0.0308. The van der Waals surface area contributed by atoms with Crippen molar-refractivity contribution in [1.29, 1.82) is 0 Å². The summed E-state index contributed by atoms with van der Waals surface area (Å²) >= 11 is 3.14. The van der Waals surface area contributed by atoms with Gasteiger partial charge in [-0.1, -0.05) is 13.8 Å². The smallest absolute Gasteiger partial charge is 0.259 e. The molecule has 1 aliphatic rings. The Balaban J connectivity index is 1.69. The van der Waals surface area contributed by atoms with E-state index in [9.17, 15) is 9.59 Å². The molecule has 2 atom stereocenters. The highest BCUT2D eigenvalue weighted by atomic mass is 32.2. The molecule has 7 heteroatoms. The van der Waals surface area contributed by atoms with Crippen LogP contribution in [-0.4, -0.2) is 27.7 Å². The summed E-state index contributed by atoms with van der Waals surface area (Å²) in [5, 5.41) is 3.73. The zero-order chi connectivity index (χ0) is 18.0. The predicted octanol–water partition coefficient (Wildman–Crippen LogP) is 3.26. The van der Waals surface area contributed by atoms with E-state index in [1.54, 1.807) is 11.3 Å². The molecule has 0 saturated carbocycles. The Morgan fingerprint density at radius 3 is 3.08 bits per heavy atom. The first-order valence-corrected chi connectivity index (χ1v) is 10.9. The van der Waals surface area contributed by atoms with E-state index in [2.05, 4.69) is 22.2 Å². The van der Waals surface area contributed by atoms with Gasteiger partial charge in [0.15, 0.2) is 0 Å². The normalized spacial score (nSPS) is 18.1. The van der Waals surface area contributed by atoms with E-state index >= 15 is 0 Å². The lowest BCUT2D eigenvalue weighted by atomic mass is 9.89. The Hall–Kier alpha value is -1.34. The van der Waals surface area contributed by atoms with Crippen LogP contribution in [0.5, 0.6) is 0 Å². The van der Waals surface area contributed by atoms with Gasteiger partial charge in [0.1, 0.15) is 10.7 Å². The van der Waals surface area contributed by atoms with Gasteiger partial charge < -0.3 is 10.3 Å². The van der Waals surface area contributed by atoms with Gasteiger partial charge >= 0.3 is 0 Å². The fourth-order valence-corrected chi connectivity index (χ4v) is 5.22. The average molecular weight is 380 g/mol. The van der Waals surface area contributed by atoms with Gasteiger partial charge in [0, 0.05) is 10.9 Å². The molecule has 1 amide bonds. The summed E-state index contributed by atoms with van der Waals surface area (Å²) in [6, 6.07) is 0.196. The van der Waals surface area contributed by atoms with E-state index < -0.39 is 0 Å². The maximum Gasteiger partial charge on any atom is 0.259 e. The highest BCUT2D eigenvalue weighted by Gasteiger charge is 2.23. The third-order valence-corrected chi connectivity index (χ3v) is 6.80. The molecule has 25 heavy (non-hydrogen) atoms. The fraction of sp³-hybridized carbons (Fsp3) is 0.611. The van der Waals surface area contributed by atoms with E-state index in [-0.39, 0.29) is 17.5 Å². The summed E-state index contributed by atoms with van der Waals surface area (Å²) in [6.07, 6.45) is 4.09. The third kappa shape index (κ3) is 4.26. The molecule has 0 fully saturated rings. The Morgan fingerprint density at radius 1 is 1.52 bits per heavy atom. The summed E-state index contributed by atoms with van der Waals surface area (Å²) in [6.45, 7) is 6.30. The molecule has 2 aromatic rings. The predicted molar refractivity (Wildman–Crippen MR) is 105 cm³/mol. The minimum Gasteiger partial charge on any atom is -0.353 e. The molecule has 0 spiro atoms. The lowest BCUT2D eigenvalue weighted by Gasteiger charge is -2.17. The summed E-state index contributed by atoms with van der Waals surface area (Å²) in [5.74, 6) is 2.29. The number of H-pyrrole nitrogens is 1. The SMILES string of the molecule is CC[C@@H](C)NC(=O)CSCc1nc2sc3c(c2c(=O)[nH]1)CC[C@@H](C)C3. The molecule has 2 N–H and O–H groups in total. The molecular formula is C18H25N3O2S2. The Bertz CT molecular complexity index is 828. The van der Waals surface area contributed by atoms with Crippen LogP contribution in [0.15, 0.2) is 4.79 Å². The van der Waals surface area contributed by atoms with Crippen LogP contribution in [0.1, 0.15) is 49.9 Å². The number of carbonyl (C=O) groups excluding carboxylic acids is 1. The molecule has 2 aromatic heterocycles. The number of aryl methyl sites for hydroxylation is 1. The molecule has 0 saturated heterocycles. The van der Waals surface area contributed by atoms with Crippen molar-refractivity contribution in [3.05, 3.63) is 26.6 Å². The zero-order valence-corrected chi connectivity index (χ0v) is 16.6. The lowest BCUT2D eigenvalue weighted by molar-refractivity contribution is -0.119. The van der Waals surface area contributed by atoms with Crippen molar-refractivity contribution in [3.8, 4) is 0 Å². The van der Waals surface area contributed by atoms with Gasteiger partial charge in [-0.25, -0.2) is 4.98 Å². The molecule has 0 aliphatic heterocycles. The second-order valence-corrected chi connectivity index (χ2v) is 8.98. The summed E-state index contributed by atoms with van der Waals surface area (Å²) in [7, 11) is 0. The number of amides is 1. The van der Waals surface area contributed by atoms with Gasteiger partial charge in [0.25, 0.3) is 5.56 Å². The minimum absolute atomic E-state index is 0.0308. The van der Waals surface area contributed by atoms with Crippen LogP contribution < -0.4 is 10.9 Å². The molecule has 1 aliphatic carbocycles. The number of carbonyl (C=O) groups is 1. The average Bonchev–Trinajstić information content (AvgIpc) is 2.92. The molecule has 2 heterocycles. The summed E-state index contributed by atoms with van der Waals surface area (Å²) in [5.41, 5.74) is 1.18. The van der Waals surface area contributed by atoms with Crippen LogP contribution in [0.3, 0.4) is 0 Å². The summed E-state index contributed by atoms with van der Waals surface area (Å²) < 4.78 is 0. The van der Waals surface area contributed by atoms with Crippen LogP contribution >= 0.6 is 23.1 Å². The lowest BCUT2D eigenvalue weighted by Crippen LogP contribution is -2.33. The number of nitrogens with one attached hydrogen (secondary N) is 2. The van der Waals surface area contributed by atoms with E-state index in [1.807, 2.05) is 13.8 Å². The molecule has 0 aromatic carbocycles. The molecule has 0 unspecified atom stereocenters. The van der Waals surface area contributed by atoms with Gasteiger partial charge in [-0.3, -0.25) is 9.59 Å². The molecule has 0 bridgehead atoms. The molecule has 3 rings (SSSR count). The van der Waals surface area contributed by atoms with Crippen molar-refractivity contribution in [2.75, 3.05) is 5.75 Å². The number of aromatic amines is 1. The Labute approximate surface area is 156 Å². The number of thioether (sulfide) groups is 1. The number of thiophene rings is 1. The van der Waals surface area contributed by atoms with E-state index in [0.29, 0.717) is 23.2 Å². The standard InChI is InChI=1S/C18H25N3O2S2/c1-4-11(3)19-15(22)9-24-8-14-20-17(23)16-12-6-5-10(2)7-13(12)25-18(16)21-14/h10-11H,4-9H2,1-3H3,(H,19,22)(H,20,21,23)/t10-,11-/m1/s1. The maximum atomic E-state index is 12.5. The number of rotatable bonds is 6. The van der Waals surface area contributed by atoms with Crippen molar-refractivity contribution in [1.82, 2.24) is 15.3 Å². The van der Waals surface area contributed by atoms with Crippen LogP contribution in [0.25, 0.3) is 10.2 Å². The van der Waals surface area contributed by atoms with E-state index in [4.69, 9.17) is 0 Å². The van der Waals surface area contributed by atoms with Crippen LogP contribution in [-0.2, 0) is 23.4 Å². The quantitative estimate of drug-likeness (QED) is 0.808. The number of hydrogen-bond donors (Lipinski definition) is 2. The molecule has 5 nitrogen and oxygen atoms in total. The monoisotopic (exact) mass is 379 g/mol. The summed E-state index contributed by atoms with van der Waals surface area (Å²) in [4.78, 5) is 34.1. The van der Waals surface area contributed by atoms with Gasteiger partial charge in [0.2, 0.25) is 5.91 Å².